The average Bonchev–Trinajstić information content (AvgIpc) is 3.61. The van der Waals surface area contributed by atoms with Gasteiger partial charge < -0.3 is 20.5 Å². The van der Waals surface area contributed by atoms with Gasteiger partial charge in [0.1, 0.15) is 5.82 Å². The molecule has 34 heavy (non-hydrogen) atoms. The largest absolute Gasteiger partial charge is 0.405 e. The Bertz CT molecular complexity index is 1030. The van der Waals surface area contributed by atoms with E-state index >= 15 is 0 Å². The molecule has 0 aliphatic carbocycles. The minimum atomic E-state index is 0.791. The number of rotatable bonds is 7. The Morgan fingerprint density at radius 1 is 1.21 bits per heavy atom. The molecule has 8 nitrogen and oxygen atoms in total. The summed E-state index contributed by atoms with van der Waals surface area (Å²) in [6.07, 6.45) is 11.0. The number of carbonyl (C=O) groups excluding carboxylic acids is 1. The lowest BCUT2D eigenvalue weighted by Gasteiger charge is -2.24. The van der Waals surface area contributed by atoms with Crippen molar-refractivity contribution in [2.75, 3.05) is 44.7 Å². The summed E-state index contributed by atoms with van der Waals surface area (Å²) in [7, 11) is 1.97. The number of hydrogen-bond acceptors (Lipinski definition) is 8. The van der Waals surface area contributed by atoms with Crippen molar-refractivity contribution in [3.05, 3.63) is 53.6 Å². The van der Waals surface area contributed by atoms with Crippen molar-refractivity contribution in [2.24, 2.45) is 10.7 Å². The van der Waals surface area contributed by atoms with E-state index in [4.69, 9.17) is 5.73 Å². The van der Waals surface area contributed by atoms with Crippen LogP contribution in [0.5, 0.6) is 0 Å². The molecule has 0 bridgehead atoms. The molecule has 1 fully saturated rings. The summed E-state index contributed by atoms with van der Waals surface area (Å²) in [5.41, 5.74) is 9.84. The number of pyridine rings is 1. The topological polar surface area (TPSA) is 91.8 Å². The summed E-state index contributed by atoms with van der Waals surface area (Å²) in [5, 5.41) is 3.18. The van der Waals surface area contributed by atoms with Gasteiger partial charge in [0.2, 0.25) is 0 Å². The van der Waals surface area contributed by atoms with Crippen molar-refractivity contribution in [3.63, 3.8) is 0 Å². The molecule has 9 heteroatoms. The van der Waals surface area contributed by atoms with Crippen molar-refractivity contribution in [2.45, 2.75) is 43.7 Å². The van der Waals surface area contributed by atoms with Gasteiger partial charge in [-0.1, -0.05) is 6.07 Å². The number of aromatic nitrogens is 2. The molecule has 182 valence electrons. The van der Waals surface area contributed by atoms with E-state index in [9.17, 15) is 4.79 Å². The predicted octanol–water partition coefficient (Wildman–Crippen LogP) is 2.88. The van der Waals surface area contributed by atoms with Gasteiger partial charge in [0.25, 0.3) is 0 Å². The summed E-state index contributed by atoms with van der Waals surface area (Å²) in [4.78, 5) is 23.6. The molecule has 1 saturated heterocycles. The van der Waals surface area contributed by atoms with Crippen LogP contribution in [0.15, 0.2) is 46.6 Å². The number of nitrogens with zero attached hydrogens (tertiary/aromatic N) is 5. The number of carbonyl (C=O) groups is 1. The van der Waals surface area contributed by atoms with Crippen LogP contribution in [-0.4, -0.2) is 65.6 Å². The molecule has 5 heterocycles. The molecule has 2 aromatic rings. The van der Waals surface area contributed by atoms with Gasteiger partial charge in [-0.3, -0.25) is 9.79 Å². The maximum Gasteiger partial charge on any atom is 0.166 e. The number of aldehydes is 1. The van der Waals surface area contributed by atoms with E-state index in [1.165, 1.54) is 41.0 Å². The molecular formula is C25H35N7OS. The van der Waals surface area contributed by atoms with Gasteiger partial charge in [0, 0.05) is 55.1 Å². The lowest BCUT2D eigenvalue weighted by Crippen LogP contribution is -2.30. The molecule has 3 aliphatic heterocycles. The lowest BCUT2D eigenvalue weighted by atomic mass is 10.2. The predicted molar refractivity (Wildman–Crippen MR) is 140 cm³/mol. The Morgan fingerprint density at radius 3 is 2.82 bits per heavy atom. The fraction of sp³-hybridized carbons (Fsp3) is 0.480. The standard InChI is InChI=1S/C14H18N4OS.C11H17N3/c15-4-3-11-9-17(7-5-16-11)20-14-8-12(10-19)18-6-1-2-13(14)18;1-12-9-10-5-4-6-13-11(10)14-7-2-3-8-14/h3-4,8,10H,1-2,5-7,9,15H2;4-6,12H,2-3,7-9H2,1H3/b4-3-;. The molecule has 3 aliphatic rings. The van der Waals surface area contributed by atoms with Crippen LogP contribution in [0.4, 0.5) is 5.82 Å². The summed E-state index contributed by atoms with van der Waals surface area (Å²) in [6, 6.07) is 6.17. The molecule has 0 amide bonds. The van der Waals surface area contributed by atoms with E-state index < -0.39 is 0 Å². The summed E-state index contributed by atoms with van der Waals surface area (Å²) < 4.78 is 4.43. The smallest absolute Gasteiger partial charge is 0.166 e. The zero-order valence-electron chi connectivity index (χ0n) is 19.9. The van der Waals surface area contributed by atoms with Crippen molar-refractivity contribution >= 4 is 29.8 Å². The van der Waals surface area contributed by atoms with E-state index in [-0.39, 0.29) is 0 Å². The minimum absolute atomic E-state index is 0.791. The molecule has 0 radical (unpaired) electrons. The first-order valence-electron chi connectivity index (χ1n) is 12.1. The van der Waals surface area contributed by atoms with Gasteiger partial charge in [-0.05, 0) is 69.1 Å². The second-order valence-corrected chi connectivity index (χ2v) is 9.79. The second kappa shape index (κ2) is 12.2. The van der Waals surface area contributed by atoms with E-state index in [0.29, 0.717) is 0 Å². The van der Waals surface area contributed by atoms with Crippen LogP contribution in [0.3, 0.4) is 0 Å². The van der Waals surface area contributed by atoms with E-state index in [1.807, 2.05) is 31.5 Å². The molecule has 0 unspecified atom stereocenters. The van der Waals surface area contributed by atoms with Crippen LogP contribution in [0.2, 0.25) is 0 Å². The monoisotopic (exact) mass is 481 g/mol. The van der Waals surface area contributed by atoms with Crippen LogP contribution in [0.25, 0.3) is 0 Å². The highest BCUT2D eigenvalue weighted by molar-refractivity contribution is 7.97. The summed E-state index contributed by atoms with van der Waals surface area (Å²) in [5.74, 6) is 1.17. The zero-order valence-corrected chi connectivity index (χ0v) is 20.8. The van der Waals surface area contributed by atoms with Crippen LogP contribution in [0, 0.1) is 0 Å². The third kappa shape index (κ3) is 5.89. The fourth-order valence-electron chi connectivity index (χ4n) is 4.71. The van der Waals surface area contributed by atoms with Crippen molar-refractivity contribution in [1.29, 1.82) is 0 Å². The van der Waals surface area contributed by atoms with Gasteiger partial charge >= 0.3 is 0 Å². The highest BCUT2D eigenvalue weighted by Crippen LogP contribution is 2.33. The first kappa shape index (κ1) is 24.5. The summed E-state index contributed by atoms with van der Waals surface area (Å²) >= 11 is 1.73. The Labute approximate surface area is 206 Å². The Kier molecular flexibility index (Phi) is 8.79. The molecule has 5 rings (SSSR count). The Balaban J connectivity index is 0.000000172. The molecule has 0 saturated carbocycles. The van der Waals surface area contributed by atoms with Gasteiger partial charge in [-0.15, -0.1) is 0 Å². The molecule has 0 atom stereocenters. The number of anilines is 1. The first-order chi connectivity index (χ1) is 16.7. The quantitative estimate of drug-likeness (QED) is 0.464. The molecule has 0 aromatic carbocycles. The third-order valence-corrected chi connectivity index (χ3v) is 7.40. The van der Waals surface area contributed by atoms with Gasteiger partial charge in [0.15, 0.2) is 6.29 Å². The maximum atomic E-state index is 11.1. The zero-order chi connectivity index (χ0) is 23.8. The molecular weight excluding hydrogens is 446 g/mol. The van der Waals surface area contributed by atoms with Crippen LogP contribution in [-0.2, 0) is 19.5 Å². The SMILES string of the molecule is CNCc1cccnc1N1CCCC1.N/C=C\C1=NCCN(Sc2cc(C=O)n3c2CCC3)C1. The minimum Gasteiger partial charge on any atom is -0.405 e. The van der Waals surface area contributed by atoms with Crippen LogP contribution in [0.1, 0.15) is 41.0 Å². The highest BCUT2D eigenvalue weighted by Gasteiger charge is 2.23. The number of hydrogen-bond donors (Lipinski definition) is 2. The number of fused-ring (bicyclic) bond motifs is 1. The van der Waals surface area contributed by atoms with Gasteiger partial charge in [-0.2, -0.15) is 0 Å². The highest BCUT2D eigenvalue weighted by atomic mass is 32.2. The number of nitrogens with two attached hydrogens (primary N) is 1. The third-order valence-electron chi connectivity index (χ3n) is 6.28. The molecule has 2 aromatic heterocycles. The Hall–Kier alpha value is -2.62. The second-order valence-electron chi connectivity index (χ2n) is 8.65. The Morgan fingerprint density at radius 2 is 2.06 bits per heavy atom. The number of aliphatic imine (C=N–C) groups is 1. The summed E-state index contributed by atoms with van der Waals surface area (Å²) in [6.45, 7) is 6.70. The number of nitrogens with one attached hydrogen (secondary N) is 1. The van der Waals surface area contributed by atoms with Crippen LogP contribution >= 0.6 is 11.9 Å². The van der Waals surface area contributed by atoms with E-state index in [0.717, 1.165) is 76.3 Å². The van der Waals surface area contributed by atoms with E-state index in [2.05, 4.69) is 35.1 Å². The first-order valence-corrected chi connectivity index (χ1v) is 12.9. The van der Waals surface area contributed by atoms with Gasteiger partial charge in [-0.25, -0.2) is 9.29 Å². The average molecular weight is 482 g/mol. The fourth-order valence-corrected chi connectivity index (χ4v) is 5.85. The van der Waals surface area contributed by atoms with Crippen molar-refractivity contribution in [1.82, 2.24) is 19.2 Å². The van der Waals surface area contributed by atoms with Crippen molar-refractivity contribution in [3.8, 4) is 0 Å². The normalized spacial score (nSPS) is 18.0. The van der Waals surface area contributed by atoms with E-state index in [1.54, 1.807) is 11.9 Å². The van der Waals surface area contributed by atoms with Gasteiger partial charge in [0.05, 0.1) is 24.5 Å². The van der Waals surface area contributed by atoms with Crippen molar-refractivity contribution < 1.29 is 4.79 Å². The lowest BCUT2D eigenvalue weighted by molar-refractivity contribution is 0.111. The molecule has 0 spiro atoms. The van der Waals surface area contributed by atoms with Crippen LogP contribution < -0.4 is 16.0 Å². The maximum absolute atomic E-state index is 11.1. The molecule has 3 N–H and O–H groups in total.